The van der Waals surface area contributed by atoms with Crippen LogP contribution in [0.5, 0.6) is 0 Å². The van der Waals surface area contributed by atoms with E-state index in [-0.39, 0.29) is 5.91 Å². The summed E-state index contributed by atoms with van der Waals surface area (Å²) in [5.74, 6) is 0.123. The maximum absolute atomic E-state index is 11.7. The van der Waals surface area contributed by atoms with Gasteiger partial charge < -0.3 is 4.90 Å². The third-order valence-corrected chi connectivity index (χ3v) is 3.04. The number of carbonyl (C=O) groups is 1. The van der Waals surface area contributed by atoms with Crippen LogP contribution < -0.4 is 4.90 Å². The van der Waals surface area contributed by atoms with E-state index in [9.17, 15) is 4.79 Å². The Morgan fingerprint density at radius 3 is 2.88 bits per heavy atom. The van der Waals surface area contributed by atoms with Crippen molar-refractivity contribution in [1.82, 2.24) is 0 Å². The highest BCUT2D eigenvalue weighted by atomic mass is 35.5. The molecule has 0 saturated carbocycles. The van der Waals surface area contributed by atoms with Gasteiger partial charge in [0.05, 0.1) is 10.6 Å². The minimum absolute atomic E-state index is 0.123. The molecule has 0 N–H and O–H groups in total. The van der Waals surface area contributed by atoms with Gasteiger partial charge in [-0.2, -0.15) is 5.26 Å². The third-order valence-electron chi connectivity index (χ3n) is 2.71. The fourth-order valence-electron chi connectivity index (χ4n) is 1.85. The predicted octanol–water partition coefficient (Wildman–Crippen LogP) is 2.73. The average Bonchev–Trinajstić information content (AvgIpc) is 2.31. The number of halogens is 1. The molecule has 1 aliphatic heterocycles. The van der Waals surface area contributed by atoms with Crippen LogP contribution in [0.25, 0.3) is 0 Å². The molecule has 82 valence electrons. The Hall–Kier alpha value is -1.53. The highest BCUT2D eigenvalue weighted by Crippen LogP contribution is 2.25. The van der Waals surface area contributed by atoms with Crippen LogP contribution >= 0.6 is 11.6 Å². The van der Waals surface area contributed by atoms with E-state index in [0.717, 1.165) is 25.1 Å². The lowest BCUT2D eigenvalue weighted by molar-refractivity contribution is -0.119. The Morgan fingerprint density at radius 2 is 2.19 bits per heavy atom. The molecule has 1 amide bonds. The fraction of sp³-hybridized carbons (Fsp3) is 0.333. The number of hydrogen-bond donors (Lipinski definition) is 0. The van der Waals surface area contributed by atoms with Crippen molar-refractivity contribution < 1.29 is 4.79 Å². The molecule has 3 nitrogen and oxygen atoms in total. The maximum Gasteiger partial charge on any atom is 0.226 e. The molecule has 16 heavy (non-hydrogen) atoms. The maximum atomic E-state index is 11.7. The summed E-state index contributed by atoms with van der Waals surface area (Å²) < 4.78 is 0. The number of hydrogen-bond acceptors (Lipinski definition) is 2. The summed E-state index contributed by atoms with van der Waals surface area (Å²) in [6, 6.07) is 7.14. The first-order valence-electron chi connectivity index (χ1n) is 5.22. The molecule has 0 aromatic heterocycles. The topological polar surface area (TPSA) is 44.1 Å². The van der Waals surface area contributed by atoms with Gasteiger partial charge in [-0.1, -0.05) is 11.6 Å². The summed E-state index contributed by atoms with van der Waals surface area (Å²) >= 11 is 5.85. The summed E-state index contributed by atoms with van der Waals surface area (Å²) in [5.41, 5.74) is 1.18. The molecular weight excluding hydrogens is 224 g/mol. The second kappa shape index (κ2) is 4.54. The van der Waals surface area contributed by atoms with Gasteiger partial charge in [-0.05, 0) is 31.0 Å². The summed E-state index contributed by atoms with van der Waals surface area (Å²) in [4.78, 5) is 13.4. The van der Waals surface area contributed by atoms with Crippen LogP contribution in [0.4, 0.5) is 5.69 Å². The van der Waals surface area contributed by atoms with Crippen LogP contribution in [0.1, 0.15) is 24.8 Å². The molecule has 1 aliphatic rings. The van der Waals surface area contributed by atoms with Crippen LogP contribution in [0.15, 0.2) is 18.2 Å². The molecule has 2 rings (SSSR count). The van der Waals surface area contributed by atoms with Crippen molar-refractivity contribution in [2.45, 2.75) is 19.3 Å². The normalized spacial score (nSPS) is 16.0. The van der Waals surface area contributed by atoms with Crippen LogP contribution in [0, 0.1) is 11.3 Å². The molecule has 0 atom stereocenters. The zero-order valence-corrected chi connectivity index (χ0v) is 9.50. The van der Waals surface area contributed by atoms with E-state index in [0.29, 0.717) is 17.0 Å². The Balaban J connectivity index is 2.33. The lowest BCUT2D eigenvalue weighted by atomic mass is 10.1. The predicted molar refractivity (Wildman–Crippen MR) is 62.4 cm³/mol. The molecule has 1 heterocycles. The summed E-state index contributed by atoms with van der Waals surface area (Å²) in [6.45, 7) is 0.728. The highest BCUT2D eigenvalue weighted by molar-refractivity contribution is 6.31. The quantitative estimate of drug-likeness (QED) is 0.750. The third kappa shape index (κ3) is 2.02. The Bertz CT molecular complexity index is 465. The van der Waals surface area contributed by atoms with E-state index in [2.05, 4.69) is 0 Å². The van der Waals surface area contributed by atoms with E-state index in [1.807, 2.05) is 6.07 Å². The second-order valence-corrected chi connectivity index (χ2v) is 4.19. The standard InChI is InChI=1S/C12H11ClN2O/c13-11-5-4-10(7-9(11)8-14)15-6-2-1-3-12(15)16/h4-5,7H,1-3,6H2. The molecule has 0 bridgehead atoms. The van der Waals surface area contributed by atoms with E-state index >= 15 is 0 Å². The monoisotopic (exact) mass is 234 g/mol. The number of carbonyl (C=O) groups excluding carboxylic acids is 1. The largest absolute Gasteiger partial charge is 0.312 e. The van der Waals surface area contributed by atoms with E-state index in [4.69, 9.17) is 16.9 Å². The van der Waals surface area contributed by atoms with Crippen molar-refractivity contribution >= 4 is 23.2 Å². The first-order valence-corrected chi connectivity index (χ1v) is 5.60. The molecule has 0 spiro atoms. The van der Waals surface area contributed by atoms with Crippen LogP contribution in [0.2, 0.25) is 5.02 Å². The van der Waals surface area contributed by atoms with Crippen LogP contribution in [0.3, 0.4) is 0 Å². The number of nitrogens with zero attached hydrogens (tertiary/aromatic N) is 2. The number of piperidine rings is 1. The van der Waals surface area contributed by atoms with Crippen molar-refractivity contribution in [3.63, 3.8) is 0 Å². The van der Waals surface area contributed by atoms with Gasteiger partial charge in [-0.25, -0.2) is 0 Å². The van der Waals surface area contributed by atoms with Crippen molar-refractivity contribution in [3.8, 4) is 6.07 Å². The minimum Gasteiger partial charge on any atom is -0.312 e. The summed E-state index contributed by atoms with van der Waals surface area (Å²) in [5, 5.41) is 9.30. The SMILES string of the molecule is N#Cc1cc(N2CCCCC2=O)ccc1Cl. The van der Waals surface area contributed by atoms with Gasteiger partial charge in [-0.3, -0.25) is 4.79 Å². The van der Waals surface area contributed by atoms with Gasteiger partial charge in [0.2, 0.25) is 5.91 Å². The molecule has 0 radical (unpaired) electrons. The van der Waals surface area contributed by atoms with Gasteiger partial charge >= 0.3 is 0 Å². The zero-order valence-electron chi connectivity index (χ0n) is 8.74. The molecular formula is C12H11ClN2O. The van der Waals surface area contributed by atoms with E-state index in [1.54, 1.807) is 23.1 Å². The number of anilines is 1. The molecule has 0 unspecified atom stereocenters. The van der Waals surface area contributed by atoms with E-state index in [1.165, 1.54) is 0 Å². The molecule has 1 saturated heterocycles. The molecule has 4 heteroatoms. The van der Waals surface area contributed by atoms with Crippen molar-refractivity contribution in [3.05, 3.63) is 28.8 Å². The zero-order chi connectivity index (χ0) is 11.5. The Labute approximate surface area is 99.2 Å². The lowest BCUT2D eigenvalue weighted by Crippen LogP contribution is -2.35. The van der Waals surface area contributed by atoms with Crippen molar-refractivity contribution in [2.24, 2.45) is 0 Å². The molecule has 1 fully saturated rings. The number of benzene rings is 1. The molecule has 0 aliphatic carbocycles. The smallest absolute Gasteiger partial charge is 0.226 e. The highest BCUT2D eigenvalue weighted by Gasteiger charge is 2.20. The van der Waals surface area contributed by atoms with Crippen molar-refractivity contribution in [1.29, 1.82) is 5.26 Å². The van der Waals surface area contributed by atoms with Gasteiger partial charge in [0.25, 0.3) is 0 Å². The summed E-state index contributed by atoms with van der Waals surface area (Å²) in [7, 11) is 0. The summed E-state index contributed by atoms with van der Waals surface area (Å²) in [6.07, 6.45) is 2.55. The van der Waals surface area contributed by atoms with Crippen LogP contribution in [-0.2, 0) is 4.79 Å². The van der Waals surface area contributed by atoms with E-state index < -0.39 is 0 Å². The second-order valence-electron chi connectivity index (χ2n) is 3.78. The lowest BCUT2D eigenvalue weighted by Gasteiger charge is -2.26. The molecule has 1 aromatic carbocycles. The van der Waals surface area contributed by atoms with Gasteiger partial charge in [-0.15, -0.1) is 0 Å². The number of nitriles is 1. The minimum atomic E-state index is 0.123. The van der Waals surface area contributed by atoms with Crippen LogP contribution in [-0.4, -0.2) is 12.5 Å². The average molecular weight is 235 g/mol. The first kappa shape index (κ1) is 11.0. The first-order chi connectivity index (χ1) is 7.72. The Kier molecular flexibility index (Phi) is 3.12. The van der Waals surface area contributed by atoms with Gasteiger partial charge in [0.1, 0.15) is 6.07 Å². The molecule has 1 aromatic rings. The van der Waals surface area contributed by atoms with Gasteiger partial charge in [0, 0.05) is 18.7 Å². The number of rotatable bonds is 1. The van der Waals surface area contributed by atoms with Crippen molar-refractivity contribution in [2.75, 3.05) is 11.4 Å². The fourth-order valence-corrected chi connectivity index (χ4v) is 2.01. The van der Waals surface area contributed by atoms with Gasteiger partial charge in [0.15, 0.2) is 0 Å². The Morgan fingerprint density at radius 1 is 1.38 bits per heavy atom. The number of amides is 1.